The summed E-state index contributed by atoms with van der Waals surface area (Å²) in [6.45, 7) is 8.05. The van der Waals surface area contributed by atoms with Crippen LogP contribution in [-0.2, 0) is 25.0 Å². The fourth-order valence-electron chi connectivity index (χ4n) is 10.7. The molecule has 10 rings (SSSR count). The van der Waals surface area contributed by atoms with E-state index in [0.717, 1.165) is 44.1 Å². The Morgan fingerprint density at radius 2 is 1.55 bits per heavy atom. The van der Waals surface area contributed by atoms with Crippen LogP contribution in [0.2, 0.25) is 0 Å². The zero-order valence-corrected chi connectivity index (χ0v) is 36.0. The van der Waals surface area contributed by atoms with Crippen molar-refractivity contribution >= 4 is 35.0 Å². The van der Waals surface area contributed by atoms with Crippen molar-refractivity contribution in [3.05, 3.63) is 96.2 Å². The van der Waals surface area contributed by atoms with Crippen molar-refractivity contribution in [2.45, 2.75) is 88.5 Å². The van der Waals surface area contributed by atoms with Gasteiger partial charge in [0, 0.05) is 29.3 Å². The number of ether oxygens (including phenoxy) is 2. The summed E-state index contributed by atoms with van der Waals surface area (Å²) in [7, 11) is 2.50. The van der Waals surface area contributed by atoms with E-state index >= 15 is 8.78 Å². The Bertz CT molecular complexity index is 2740. The minimum Gasteiger partial charge on any atom is -0.453 e. The van der Waals surface area contributed by atoms with E-state index in [2.05, 4.69) is 27.2 Å². The van der Waals surface area contributed by atoms with Crippen LogP contribution in [0.5, 0.6) is 0 Å². The first-order chi connectivity index (χ1) is 30.7. The number of aromatic nitrogens is 4. The third kappa shape index (κ3) is 6.79. The topological polar surface area (TPSA) is 175 Å². The summed E-state index contributed by atoms with van der Waals surface area (Å²) < 4.78 is 42.8. The summed E-state index contributed by atoms with van der Waals surface area (Å²) in [5, 5.41) is 5.26. The van der Waals surface area contributed by atoms with E-state index < -0.39 is 30.2 Å². The minimum atomic E-state index is -3.29. The smallest absolute Gasteiger partial charge is 0.407 e. The number of halogens is 2. The van der Waals surface area contributed by atoms with Crippen molar-refractivity contribution in [1.82, 2.24) is 40.4 Å². The largest absolute Gasteiger partial charge is 0.453 e. The molecule has 3 aromatic carbocycles. The molecule has 16 heteroatoms. The van der Waals surface area contributed by atoms with Crippen molar-refractivity contribution in [2.75, 3.05) is 20.8 Å². The highest BCUT2D eigenvalue weighted by molar-refractivity contribution is 5.90. The van der Waals surface area contributed by atoms with Crippen molar-refractivity contribution < 1.29 is 37.4 Å². The number of H-pyrrole nitrogens is 2. The summed E-state index contributed by atoms with van der Waals surface area (Å²) in [5.41, 5.74) is 4.59. The number of benzene rings is 3. The summed E-state index contributed by atoms with van der Waals surface area (Å²) in [4.78, 5) is 71.9. The number of piperidine rings is 1. The summed E-state index contributed by atoms with van der Waals surface area (Å²) in [6, 6.07) is 13.4. The SMILES string of the molecule is C=C[C@H](NC(=O)OC)C(=O)N1[C@@H]2CC[C@@H](C2)[C@H]1c1nc2ccc(-c3ccc4c(c3)C(F)(F)c3cc(-c5cnc([C@@H]6CC7(CC7)CN6C(=O)[C@@H](NC(=O)OC)C(C)C)[nH]5)ccc3-4)cc2[nH]1. The highest BCUT2D eigenvalue weighted by Gasteiger charge is 2.55. The molecule has 5 aromatic rings. The van der Waals surface area contributed by atoms with Gasteiger partial charge in [-0.3, -0.25) is 9.59 Å². The zero-order valence-electron chi connectivity index (χ0n) is 36.0. The maximum absolute atomic E-state index is 16.6. The Labute approximate surface area is 368 Å². The lowest BCUT2D eigenvalue weighted by molar-refractivity contribution is -0.137. The van der Waals surface area contributed by atoms with Crippen molar-refractivity contribution in [3.8, 4) is 33.5 Å². The lowest BCUT2D eigenvalue weighted by Crippen LogP contribution is -2.51. The number of rotatable bonds is 10. The number of aromatic amines is 2. The van der Waals surface area contributed by atoms with Crippen LogP contribution in [0.25, 0.3) is 44.5 Å². The van der Waals surface area contributed by atoms with Gasteiger partial charge in [-0.1, -0.05) is 50.3 Å². The molecule has 4 heterocycles. The van der Waals surface area contributed by atoms with Gasteiger partial charge in [-0.25, -0.2) is 19.6 Å². The van der Waals surface area contributed by atoms with Gasteiger partial charge in [-0.2, -0.15) is 8.78 Å². The fourth-order valence-corrected chi connectivity index (χ4v) is 10.7. The molecule has 4 N–H and O–H groups in total. The first kappa shape index (κ1) is 41.4. The van der Waals surface area contributed by atoms with Crippen molar-refractivity contribution in [3.63, 3.8) is 0 Å². The molecular weight excluding hydrogens is 823 g/mol. The van der Waals surface area contributed by atoms with Gasteiger partial charge >= 0.3 is 12.2 Å². The molecule has 332 valence electrons. The molecule has 6 atom stereocenters. The molecule has 2 bridgehead atoms. The van der Waals surface area contributed by atoms with E-state index in [1.54, 1.807) is 29.3 Å². The number of nitrogens with one attached hydrogen (secondary N) is 4. The second-order valence-electron chi connectivity index (χ2n) is 18.4. The van der Waals surface area contributed by atoms with Crippen LogP contribution < -0.4 is 10.6 Å². The minimum absolute atomic E-state index is 0.00848. The third-order valence-corrected chi connectivity index (χ3v) is 14.3. The second kappa shape index (κ2) is 15.3. The Kier molecular flexibility index (Phi) is 9.91. The van der Waals surface area contributed by atoms with Crippen LogP contribution in [0.15, 0.2) is 73.4 Å². The molecule has 14 nitrogen and oxygen atoms in total. The molecule has 5 aliphatic rings. The van der Waals surface area contributed by atoms with E-state index in [0.29, 0.717) is 57.2 Å². The van der Waals surface area contributed by atoms with Crippen molar-refractivity contribution in [1.29, 1.82) is 0 Å². The van der Waals surface area contributed by atoms with Gasteiger partial charge in [0.05, 0.1) is 49.2 Å². The van der Waals surface area contributed by atoms with Gasteiger partial charge in [-0.15, -0.1) is 6.58 Å². The molecular formula is C48H50F2N8O6. The quantitative estimate of drug-likeness (QED) is 0.102. The van der Waals surface area contributed by atoms with Gasteiger partial charge in [0.25, 0.3) is 5.92 Å². The molecule has 0 unspecified atom stereocenters. The molecule has 2 saturated carbocycles. The number of nitrogens with zero attached hydrogens (tertiary/aromatic N) is 4. The van der Waals surface area contributed by atoms with Crippen LogP contribution in [0.1, 0.15) is 87.2 Å². The van der Waals surface area contributed by atoms with Gasteiger partial charge in [0.15, 0.2) is 0 Å². The summed E-state index contributed by atoms with van der Waals surface area (Å²) in [6.07, 6.45) is 6.99. The maximum Gasteiger partial charge on any atom is 0.407 e. The number of amides is 4. The number of carbonyl (C=O) groups is 4. The average Bonchev–Trinajstić information content (AvgIpc) is 3.95. The molecule has 64 heavy (non-hydrogen) atoms. The van der Waals surface area contributed by atoms with Gasteiger partial charge < -0.3 is 39.9 Å². The number of likely N-dealkylation sites (tertiary alicyclic amines) is 2. The highest BCUT2D eigenvalue weighted by atomic mass is 19.3. The van der Waals surface area contributed by atoms with E-state index in [9.17, 15) is 19.2 Å². The van der Waals surface area contributed by atoms with Crippen molar-refractivity contribution in [2.24, 2.45) is 17.3 Å². The number of alkyl carbamates (subject to hydrolysis) is 2. The first-order valence-electron chi connectivity index (χ1n) is 21.9. The predicted octanol–water partition coefficient (Wildman–Crippen LogP) is 8.14. The molecule has 2 aromatic heterocycles. The van der Waals surface area contributed by atoms with E-state index in [-0.39, 0.29) is 58.3 Å². The zero-order chi connectivity index (χ0) is 44.8. The van der Waals surface area contributed by atoms with Gasteiger partial charge in [-0.05, 0) is 102 Å². The van der Waals surface area contributed by atoms with Crippen LogP contribution >= 0.6 is 0 Å². The Hall–Kier alpha value is -6.58. The molecule has 1 spiro atoms. The Morgan fingerprint density at radius 3 is 2.23 bits per heavy atom. The Balaban J connectivity index is 0.896. The van der Waals surface area contributed by atoms with Gasteiger partial charge in [0.2, 0.25) is 11.8 Å². The number of methoxy groups -OCH3 is 2. The lowest BCUT2D eigenvalue weighted by Gasteiger charge is -2.36. The number of hydrogen-bond donors (Lipinski definition) is 4. The lowest BCUT2D eigenvalue weighted by atomic mass is 9.97. The molecule has 3 aliphatic carbocycles. The number of hydrogen-bond acceptors (Lipinski definition) is 8. The van der Waals surface area contributed by atoms with Crippen LogP contribution in [-0.4, -0.2) is 92.6 Å². The van der Waals surface area contributed by atoms with E-state index in [1.165, 1.54) is 26.4 Å². The predicted molar refractivity (Wildman–Crippen MR) is 233 cm³/mol. The highest BCUT2D eigenvalue weighted by Crippen LogP contribution is 2.59. The van der Waals surface area contributed by atoms with Crippen LogP contribution in [0, 0.1) is 17.3 Å². The first-order valence-corrected chi connectivity index (χ1v) is 21.9. The Morgan fingerprint density at radius 1 is 0.875 bits per heavy atom. The number of fused-ring (bicyclic) bond motifs is 6. The van der Waals surface area contributed by atoms with E-state index in [1.807, 2.05) is 49.1 Å². The fraction of sp³-hybridized carbons (Fsp3) is 0.417. The van der Waals surface area contributed by atoms with Crippen LogP contribution in [0.4, 0.5) is 18.4 Å². The standard InChI is InChI=1S/C48H50F2N8O6/c1-6-34(55-45(61)63-4)43(59)58-29-11-7-28(17-29)40(58)42-52-35-14-10-26(20-36(35)53-42)25-8-12-30-31-13-9-27(19-33(31)48(49,50)32(30)18-25)37-22-51-41(54-37)38-21-47(15-16-47)23-57(38)44(60)39(24(2)3)56-46(62)64-5/h6,8-10,12-14,18-20,22,24,28-29,34,38-40H,1,7,11,15-17,21,23H2,2-5H3,(H,51,54)(H,52,53)(H,55,61)(H,56,62)/t28-,29+,34-,38-,39-,40-/m0/s1. The van der Waals surface area contributed by atoms with Gasteiger partial charge in [0.1, 0.15) is 23.7 Å². The second-order valence-corrected chi connectivity index (χ2v) is 18.4. The number of alkyl halides is 2. The summed E-state index contributed by atoms with van der Waals surface area (Å²) >= 11 is 0. The monoisotopic (exact) mass is 872 g/mol. The van der Waals surface area contributed by atoms with Crippen LogP contribution in [0.3, 0.4) is 0 Å². The molecule has 2 saturated heterocycles. The third-order valence-electron chi connectivity index (χ3n) is 14.3. The summed E-state index contributed by atoms with van der Waals surface area (Å²) in [5.74, 6) is -2.55. The molecule has 0 radical (unpaired) electrons. The van der Waals surface area contributed by atoms with E-state index in [4.69, 9.17) is 19.4 Å². The number of imidazole rings is 2. The average molecular weight is 873 g/mol. The molecule has 4 fully saturated rings. The molecule has 2 aliphatic heterocycles. The molecule has 4 amide bonds. The maximum atomic E-state index is 16.6. The normalized spacial score (nSPS) is 22.9. The number of carbonyl (C=O) groups excluding carboxylic acids is 4.